The fourth-order valence-corrected chi connectivity index (χ4v) is 3.44. The number of hydrogen-bond acceptors (Lipinski definition) is 3. The highest BCUT2D eigenvalue weighted by atomic mass is 16.5. The summed E-state index contributed by atoms with van der Waals surface area (Å²) in [6.07, 6.45) is 3.90. The largest absolute Gasteiger partial charge is 0.496 e. The second kappa shape index (κ2) is 8.01. The molecule has 0 radical (unpaired) electrons. The molecule has 0 bridgehead atoms. The number of pyridine rings is 1. The van der Waals surface area contributed by atoms with Gasteiger partial charge in [-0.15, -0.1) is 0 Å². The zero-order valence-electron chi connectivity index (χ0n) is 16.0. The van der Waals surface area contributed by atoms with Crippen molar-refractivity contribution in [3.63, 3.8) is 0 Å². The Morgan fingerprint density at radius 1 is 0.821 bits per heavy atom. The number of nitrogens with zero attached hydrogens (tertiary/aromatic N) is 2. The first kappa shape index (κ1) is 17.9. The summed E-state index contributed by atoms with van der Waals surface area (Å²) in [5, 5.41) is 0. The Balaban J connectivity index is 1.71. The van der Waals surface area contributed by atoms with Crippen molar-refractivity contribution in [1.29, 1.82) is 0 Å². The van der Waals surface area contributed by atoms with Crippen molar-refractivity contribution < 1.29 is 9.47 Å². The zero-order chi connectivity index (χ0) is 19.3. The standard InChI is InChI=1S/C24H22N2O2/c1-27-22-12-6-13-23(28-2)24(22)21-11-7-15-26(21)17-18-8-5-9-19(16-18)20-10-3-4-14-25-20/h3-16H,17H2,1-2H3. The normalized spacial score (nSPS) is 10.6. The summed E-state index contributed by atoms with van der Waals surface area (Å²) in [7, 11) is 3.36. The third kappa shape index (κ3) is 3.49. The van der Waals surface area contributed by atoms with Gasteiger partial charge in [-0.05, 0) is 48.0 Å². The molecule has 2 heterocycles. The Morgan fingerprint density at radius 2 is 1.61 bits per heavy atom. The van der Waals surface area contributed by atoms with Gasteiger partial charge < -0.3 is 14.0 Å². The van der Waals surface area contributed by atoms with Gasteiger partial charge in [0.2, 0.25) is 0 Å². The first-order chi connectivity index (χ1) is 13.8. The zero-order valence-corrected chi connectivity index (χ0v) is 16.0. The molecule has 4 aromatic rings. The van der Waals surface area contributed by atoms with Gasteiger partial charge in [-0.1, -0.05) is 30.3 Å². The maximum atomic E-state index is 5.59. The maximum absolute atomic E-state index is 5.59. The van der Waals surface area contributed by atoms with Crippen LogP contribution in [0, 0.1) is 0 Å². The van der Waals surface area contributed by atoms with E-state index in [1.807, 2.05) is 48.7 Å². The number of aromatic nitrogens is 2. The van der Waals surface area contributed by atoms with Crippen LogP contribution in [0.4, 0.5) is 0 Å². The first-order valence-corrected chi connectivity index (χ1v) is 9.17. The number of rotatable bonds is 6. The van der Waals surface area contributed by atoms with Crippen molar-refractivity contribution >= 4 is 0 Å². The monoisotopic (exact) mass is 370 g/mol. The van der Waals surface area contributed by atoms with Gasteiger partial charge in [0.05, 0.1) is 31.2 Å². The van der Waals surface area contributed by atoms with Gasteiger partial charge in [-0.3, -0.25) is 4.98 Å². The summed E-state index contributed by atoms with van der Waals surface area (Å²) in [6, 6.07) is 24.4. The van der Waals surface area contributed by atoms with E-state index in [2.05, 4.69) is 46.1 Å². The summed E-state index contributed by atoms with van der Waals surface area (Å²) in [4.78, 5) is 4.46. The van der Waals surface area contributed by atoms with E-state index in [1.165, 1.54) is 5.56 Å². The number of ether oxygens (including phenoxy) is 2. The molecule has 0 fully saturated rings. The second-order valence-electron chi connectivity index (χ2n) is 6.47. The summed E-state index contributed by atoms with van der Waals surface area (Å²) in [5.74, 6) is 1.59. The Bertz CT molecular complexity index is 1050. The van der Waals surface area contributed by atoms with E-state index in [0.29, 0.717) is 0 Å². The topological polar surface area (TPSA) is 36.3 Å². The molecule has 0 aliphatic heterocycles. The van der Waals surface area contributed by atoms with Crippen LogP contribution in [-0.2, 0) is 6.54 Å². The molecule has 0 spiro atoms. The van der Waals surface area contributed by atoms with Gasteiger partial charge in [-0.2, -0.15) is 0 Å². The minimum absolute atomic E-state index is 0.740. The predicted octanol–water partition coefficient (Wildman–Crippen LogP) is 5.28. The molecule has 4 rings (SSSR count). The molecule has 0 saturated heterocycles. The van der Waals surface area contributed by atoms with E-state index < -0.39 is 0 Å². The fourth-order valence-electron chi connectivity index (χ4n) is 3.44. The van der Waals surface area contributed by atoms with Gasteiger partial charge in [-0.25, -0.2) is 0 Å². The lowest BCUT2D eigenvalue weighted by molar-refractivity contribution is 0.397. The molecule has 140 valence electrons. The molecule has 4 heteroatoms. The number of hydrogen-bond donors (Lipinski definition) is 0. The van der Waals surface area contributed by atoms with Gasteiger partial charge in [0.1, 0.15) is 11.5 Å². The third-order valence-electron chi connectivity index (χ3n) is 4.75. The van der Waals surface area contributed by atoms with Crippen LogP contribution in [0.15, 0.2) is 85.2 Å². The molecule has 0 amide bonds. The van der Waals surface area contributed by atoms with Crippen molar-refractivity contribution in [2.45, 2.75) is 6.54 Å². The summed E-state index contributed by atoms with van der Waals surface area (Å²) in [6.45, 7) is 0.740. The molecule has 0 aliphatic rings. The lowest BCUT2D eigenvalue weighted by Gasteiger charge is -2.16. The molecule has 0 N–H and O–H groups in total. The summed E-state index contributed by atoms with van der Waals surface area (Å²) >= 11 is 0. The Kier molecular flexibility index (Phi) is 5.11. The van der Waals surface area contributed by atoms with Crippen molar-refractivity contribution in [3.8, 4) is 34.0 Å². The molecule has 0 saturated carbocycles. The third-order valence-corrected chi connectivity index (χ3v) is 4.75. The van der Waals surface area contributed by atoms with Gasteiger partial charge in [0, 0.05) is 24.5 Å². The van der Waals surface area contributed by atoms with Gasteiger partial charge in [0.15, 0.2) is 0 Å². The SMILES string of the molecule is COc1cccc(OC)c1-c1cccn1Cc1cccc(-c2ccccn2)c1. The number of benzene rings is 2. The van der Waals surface area contributed by atoms with Crippen molar-refractivity contribution in [2.24, 2.45) is 0 Å². The van der Waals surface area contributed by atoms with Crippen LogP contribution < -0.4 is 9.47 Å². The van der Waals surface area contributed by atoms with Crippen molar-refractivity contribution in [1.82, 2.24) is 9.55 Å². The molecule has 28 heavy (non-hydrogen) atoms. The van der Waals surface area contributed by atoms with Gasteiger partial charge >= 0.3 is 0 Å². The first-order valence-electron chi connectivity index (χ1n) is 9.17. The van der Waals surface area contributed by atoms with Crippen LogP contribution in [0.2, 0.25) is 0 Å². The van der Waals surface area contributed by atoms with Crippen LogP contribution in [0.3, 0.4) is 0 Å². The highest BCUT2D eigenvalue weighted by Crippen LogP contribution is 2.38. The minimum atomic E-state index is 0.740. The van der Waals surface area contributed by atoms with E-state index in [0.717, 1.165) is 40.6 Å². The Morgan fingerprint density at radius 3 is 2.32 bits per heavy atom. The second-order valence-corrected chi connectivity index (χ2v) is 6.47. The lowest BCUT2D eigenvalue weighted by Crippen LogP contribution is -2.02. The molecule has 0 aliphatic carbocycles. The lowest BCUT2D eigenvalue weighted by atomic mass is 10.1. The van der Waals surface area contributed by atoms with Crippen LogP contribution in [0.1, 0.15) is 5.56 Å². The van der Waals surface area contributed by atoms with Gasteiger partial charge in [0.25, 0.3) is 0 Å². The highest BCUT2D eigenvalue weighted by Gasteiger charge is 2.16. The molecule has 2 aromatic carbocycles. The Labute approximate surface area is 165 Å². The number of methoxy groups -OCH3 is 2. The maximum Gasteiger partial charge on any atom is 0.131 e. The molecule has 0 atom stereocenters. The van der Waals surface area contributed by atoms with E-state index >= 15 is 0 Å². The van der Waals surface area contributed by atoms with Crippen LogP contribution in [0.5, 0.6) is 11.5 Å². The molecular weight excluding hydrogens is 348 g/mol. The van der Waals surface area contributed by atoms with Crippen molar-refractivity contribution in [2.75, 3.05) is 14.2 Å². The minimum Gasteiger partial charge on any atom is -0.496 e. The Hall–Kier alpha value is -3.53. The predicted molar refractivity (Wildman–Crippen MR) is 112 cm³/mol. The van der Waals surface area contributed by atoms with E-state index in [-0.39, 0.29) is 0 Å². The van der Waals surface area contributed by atoms with E-state index in [1.54, 1.807) is 14.2 Å². The van der Waals surface area contributed by atoms with E-state index in [4.69, 9.17) is 9.47 Å². The van der Waals surface area contributed by atoms with Crippen LogP contribution in [-0.4, -0.2) is 23.8 Å². The average molecular weight is 370 g/mol. The van der Waals surface area contributed by atoms with Crippen LogP contribution >= 0.6 is 0 Å². The average Bonchev–Trinajstić information content (AvgIpc) is 3.21. The van der Waals surface area contributed by atoms with Crippen molar-refractivity contribution in [3.05, 3.63) is 90.8 Å². The molecule has 4 nitrogen and oxygen atoms in total. The molecule has 2 aromatic heterocycles. The molecule has 0 unspecified atom stereocenters. The smallest absolute Gasteiger partial charge is 0.131 e. The van der Waals surface area contributed by atoms with E-state index in [9.17, 15) is 0 Å². The van der Waals surface area contributed by atoms with Crippen LogP contribution in [0.25, 0.3) is 22.5 Å². The summed E-state index contributed by atoms with van der Waals surface area (Å²) in [5.41, 5.74) is 5.30. The highest BCUT2D eigenvalue weighted by molar-refractivity contribution is 5.75. The fraction of sp³-hybridized carbons (Fsp3) is 0.125. The quantitative estimate of drug-likeness (QED) is 0.463. The molecular formula is C24H22N2O2. The summed E-state index contributed by atoms with van der Waals surface area (Å²) < 4.78 is 13.4.